The van der Waals surface area contributed by atoms with Gasteiger partial charge in [0.15, 0.2) is 5.69 Å². The molecule has 1 aromatic rings. The highest BCUT2D eigenvalue weighted by Gasteiger charge is 2.07. The van der Waals surface area contributed by atoms with Crippen molar-refractivity contribution in [1.82, 2.24) is 10.2 Å². The Balaban J connectivity index is 2.74. The van der Waals surface area contributed by atoms with Gasteiger partial charge in [-0.2, -0.15) is 5.10 Å². The Labute approximate surface area is 84.4 Å². The molecule has 1 aromatic heterocycles. The summed E-state index contributed by atoms with van der Waals surface area (Å²) in [4.78, 5) is 11.1. The van der Waals surface area contributed by atoms with Crippen LogP contribution in [0.4, 0.5) is 0 Å². The molecule has 0 unspecified atom stereocenters. The second-order valence-electron chi connectivity index (χ2n) is 2.26. The molecular formula is C8H9BrN2O2. The van der Waals surface area contributed by atoms with E-state index in [-0.39, 0.29) is 5.69 Å². The molecule has 0 N–H and O–H groups in total. The van der Waals surface area contributed by atoms with Crippen LogP contribution in [0.2, 0.25) is 0 Å². The Hall–Kier alpha value is -0.970. The monoisotopic (exact) mass is 244 g/mol. The second-order valence-corrected chi connectivity index (χ2v) is 2.82. The summed E-state index contributed by atoms with van der Waals surface area (Å²) in [6, 6.07) is 3.33. The molecule has 0 saturated heterocycles. The molecule has 0 aliphatic heterocycles. The van der Waals surface area contributed by atoms with E-state index in [9.17, 15) is 4.79 Å². The van der Waals surface area contributed by atoms with Gasteiger partial charge in [-0.25, -0.2) is 4.79 Å². The lowest BCUT2D eigenvalue weighted by Crippen LogP contribution is -2.08. The first-order chi connectivity index (χ1) is 6.27. The van der Waals surface area contributed by atoms with Gasteiger partial charge in [-0.3, -0.25) is 0 Å². The van der Waals surface area contributed by atoms with Crippen LogP contribution in [0.1, 0.15) is 23.1 Å². The first-order valence-electron chi connectivity index (χ1n) is 3.83. The lowest BCUT2D eigenvalue weighted by Gasteiger charge is -1.99. The van der Waals surface area contributed by atoms with Crippen LogP contribution in [0, 0.1) is 0 Å². The summed E-state index contributed by atoms with van der Waals surface area (Å²) >= 11 is 3.23. The maximum atomic E-state index is 11.1. The van der Waals surface area contributed by atoms with Crippen molar-refractivity contribution in [3.8, 4) is 0 Å². The summed E-state index contributed by atoms with van der Waals surface area (Å²) < 4.78 is 4.75. The number of nitrogens with zero attached hydrogens (tertiary/aromatic N) is 2. The quantitative estimate of drug-likeness (QED) is 0.598. The van der Waals surface area contributed by atoms with Crippen LogP contribution in [0.15, 0.2) is 12.1 Å². The molecule has 0 radical (unpaired) electrons. The number of hydrogen-bond donors (Lipinski definition) is 0. The third-order valence-corrected chi connectivity index (χ3v) is 1.92. The summed E-state index contributed by atoms with van der Waals surface area (Å²) in [5, 5.41) is 8.14. The number of esters is 1. The number of halogens is 1. The van der Waals surface area contributed by atoms with Crippen molar-refractivity contribution in [2.24, 2.45) is 0 Å². The molecule has 0 bridgehead atoms. The normalized spacial score (nSPS) is 9.69. The minimum Gasteiger partial charge on any atom is -0.461 e. The summed E-state index contributed by atoms with van der Waals surface area (Å²) in [6.45, 7) is 2.10. The van der Waals surface area contributed by atoms with Gasteiger partial charge >= 0.3 is 5.97 Å². The van der Waals surface area contributed by atoms with E-state index in [0.717, 1.165) is 5.69 Å². The van der Waals surface area contributed by atoms with Crippen LogP contribution in [0.25, 0.3) is 0 Å². The molecule has 0 spiro atoms. The largest absolute Gasteiger partial charge is 0.461 e. The van der Waals surface area contributed by atoms with Gasteiger partial charge in [0.2, 0.25) is 0 Å². The minimum atomic E-state index is -0.434. The van der Waals surface area contributed by atoms with Crippen LogP contribution in [0.5, 0.6) is 0 Å². The first kappa shape index (κ1) is 10.1. The van der Waals surface area contributed by atoms with E-state index >= 15 is 0 Å². The van der Waals surface area contributed by atoms with Crippen molar-refractivity contribution < 1.29 is 9.53 Å². The number of carbonyl (C=O) groups is 1. The molecule has 4 nitrogen and oxygen atoms in total. The topological polar surface area (TPSA) is 52.1 Å². The Kier molecular flexibility index (Phi) is 3.82. The molecule has 0 saturated carbocycles. The number of rotatable bonds is 3. The van der Waals surface area contributed by atoms with Crippen molar-refractivity contribution >= 4 is 21.9 Å². The number of ether oxygens (including phenoxy) is 1. The maximum absolute atomic E-state index is 11.1. The molecule has 13 heavy (non-hydrogen) atoms. The standard InChI is InChI=1S/C8H9BrN2O2/c1-2-13-8(12)7-4-3-6(5-9)10-11-7/h3-4H,2,5H2,1H3. The molecule has 0 fully saturated rings. The Morgan fingerprint density at radius 2 is 2.31 bits per heavy atom. The summed E-state index contributed by atoms with van der Waals surface area (Å²) in [5.41, 5.74) is 1.03. The molecule has 70 valence electrons. The molecule has 5 heteroatoms. The van der Waals surface area contributed by atoms with Crippen LogP contribution < -0.4 is 0 Å². The smallest absolute Gasteiger partial charge is 0.358 e. The van der Waals surface area contributed by atoms with Crippen molar-refractivity contribution in [2.75, 3.05) is 6.61 Å². The van der Waals surface area contributed by atoms with E-state index in [1.165, 1.54) is 0 Å². The highest BCUT2D eigenvalue weighted by atomic mass is 79.9. The zero-order chi connectivity index (χ0) is 9.68. The summed E-state index contributed by atoms with van der Waals surface area (Å²) in [7, 11) is 0. The Morgan fingerprint density at radius 1 is 1.54 bits per heavy atom. The lowest BCUT2D eigenvalue weighted by molar-refractivity contribution is 0.0518. The average Bonchev–Trinajstić information content (AvgIpc) is 2.18. The second kappa shape index (κ2) is 4.91. The minimum absolute atomic E-state index is 0.242. The number of alkyl halides is 1. The third kappa shape index (κ3) is 2.77. The molecule has 0 aliphatic carbocycles. The summed E-state index contributed by atoms with van der Waals surface area (Å²) in [6.07, 6.45) is 0. The van der Waals surface area contributed by atoms with E-state index in [1.807, 2.05) is 0 Å². The molecule has 0 atom stereocenters. The molecule has 0 aliphatic rings. The van der Waals surface area contributed by atoms with Gasteiger partial charge in [-0.1, -0.05) is 15.9 Å². The molecule has 1 heterocycles. The van der Waals surface area contributed by atoms with Crippen LogP contribution >= 0.6 is 15.9 Å². The average molecular weight is 245 g/mol. The van der Waals surface area contributed by atoms with Crippen LogP contribution in [0.3, 0.4) is 0 Å². The van der Waals surface area contributed by atoms with Crippen molar-refractivity contribution in [1.29, 1.82) is 0 Å². The third-order valence-electron chi connectivity index (χ3n) is 1.34. The number of carbonyl (C=O) groups excluding carboxylic acids is 1. The van der Waals surface area contributed by atoms with E-state index in [2.05, 4.69) is 26.1 Å². The van der Waals surface area contributed by atoms with Crippen molar-refractivity contribution in [3.05, 3.63) is 23.5 Å². The predicted octanol–water partition coefficient (Wildman–Crippen LogP) is 1.55. The molecule has 0 amide bonds. The molecule has 1 rings (SSSR count). The van der Waals surface area contributed by atoms with Gasteiger partial charge < -0.3 is 4.74 Å². The van der Waals surface area contributed by atoms with Gasteiger partial charge in [-0.05, 0) is 19.1 Å². The van der Waals surface area contributed by atoms with Crippen LogP contribution in [-0.4, -0.2) is 22.8 Å². The fraction of sp³-hybridized carbons (Fsp3) is 0.375. The molecular weight excluding hydrogens is 236 g/mol. The van der Waals surface area contributed by atoms with Gasteiger partial charge in [-0.15, -0.1) is 5.10 Å². The number of aromatic nitrogens is 2. The fourth-order valence-electron chi connectivity index (χ4n) is 0.745. The Morgan fingerprint density at radius 3 is 2.77 bits per heavy atom. The lowest BCUT2D eigenvalue weighted by atomic mass is 10.3. The SMILES string of the molecule is CCOC(=O)c1ccc(CBr)nn1. The van der Waals surface area contributed by atoms with E-state index in [0.29, 0.717) is 11.9 Å². The van der Waals surface area contributed by atoms with Gasteiger partial charge in [0, 0.05) is 5.33 Å². The van der Waals surface area contributed by atoms with Crippen molar-refractivity contribution in [2.45, 2.75) is 12.3 Å². The molecule has 0 aromatic carbocycles. The number of hydrogen-bond acceptors (Lipinski definition) is 4. The Bertz CT molecular complexity index is 287. The zero-order valence-electron chi connectivity index (χ0n) is 7.16. The van der Waals surface area contributed by atoms with Gasteiger partial charge in [0.05, 0.1) is 12.3 Å². The van der Waals surface area contributed by atoms with Gasteiger partial charge in [0.1, 0.15) is 0 Å². The van der Waals surface area contributed by atoms with Crippen molar-refractivity contribution in [3.63, 3.8) is 0 Å². The van der Waals surface area contributed by atoms with E-state index < -0.39 is 5.97 Å². The van der Waals surface area contributed by atoms with E-state index in [4.69, 9.17) is 4.74 Å². The maximum Gasteiger partial charge on any atom is 0.358 e. The van der Waals surface area contributed by atoms with E-state index in [1.54, 1.807) is 19.1 Å². The van der Waals surface area contributed by atoms with Crippen LogP contribution in [-0.2, 0) is 10.1 Å². The first-order valence-corrected chi connectivity index (χ1v) is 4.95. The van der Waals surface area contributed by atoms with Gasteiger partial charge in [0.25, 0.3) is 0 Å². The highest BCUT2D eigenvalue weighted by Crippen LogP contribution is 2.02. The fourth-order valence-corrected chi connectivity index (χ4v) is 1.04. The highest BCUT2D eigenvalue weighted by molar-refractivity contribution is 9.08. The predicted molar refractivity (Wildman–Crippen MR) is 50.6 cm³/mol. The zero-order valence-corrected chi connectivity index (χ0v) is 8.74. The summed E-state index contributed by atoms with van der Waals surface area (Å²) in [5.74, 6) is -0.434.